The summed E-state index contributed by atoms with van der Waals surface area (Å²) in [5.41, 5.74) is 4.27. The molecule has 1 atom stereocenters. The highest BCUT2D eigenvalue weighted by molar-refractivity contribution is 5.91. The van der Waals surface area contributed by atoms with Gasteiger partial charge in [-0.2, -0.15) is 0 Å². The molecule has 2 amide bonds. The fourth-order valence-electron chi connectivity index (χ4n) is 6.11. The third kappa shape index (κ3) is 6.49. The Labute approximate surface area is 247 Å². The van der Waals surface area contributed by atoms with Crippen LogP contribution < -0.4 is 10.6 Å². The number of nitrogens with one attached hydrogen (secondary N) is 2. The van der Waals surface area contributed by atoms with Crippen molar-refractivity contribution in [2.24, 2.45) is 0 Å². The Balaban J connectivity index is 1.20. The van der Waals surface area contributed by atoms with Crippen molar-refractivity contribution in [3.05, 3.63) is 95.6 Å². The van der Waals surface area contributed by atoms with Gasteiger partial charge in [0, 0.05) is 25.6 Å². The fourth-order valence-corrected chi connectivity index (χ4v) is 6.11. The summed E-state index contributed by atoms with van der Waals surface area (Å²) in [7, 11) is 0. The molecular weight excluding hydrogens is 530 g/mol. The van der Waals surface area contributed by atoms with Gasteiger partial charge in [-0.3, -0.25) is 9.69 Å². The Morgan fingerprint density at radius 1 is 0.929 bits per heavy atom. The first-order valence-corrected chi connectivity index (χ1v) is 14.8. The number of benzene rings is 3. The number of hydrogen-bond acceptors (Lipinski definition) is 5. The second-order valence-corrected chi connectivity index (χ2v) is 11.3. The molecule has 0 saturated carbocycles. The molecule has 3 aromatic carbocycles. The molecular formula is C34H39N3O5. The number of carbonyl (C=O) groups is 3. The molecule has 1 saturated heterocycles. The lowest BCUT2D eigenvalue weighted by atomic mass is 9.86. The van der Waals surface area contributed by atoms with Crippen LogP contribution >= 0.6 is 0 Å². The highest BCUT2D eigenvalue weighted by atomic mass is 16.5. The van der Waals surface area contributed by atoms with Gasteiger partial charge in [-0.15, -0.1) is 0 Å². The molecule has 5 rings (SSSR count). The van der Waals surface area contributed by atoms with Crippen LogP contribution in [0.2, 0.25) is 0 Å². The maximum Gasteiger partial charge on any atom is 0.407 e. The van der Waals surface area contributed by atoms with Crippen LogP contribution in [0.15, 0.2) is 78.9 Å². The van der Waals surface area contributed by atoms with E-state index in [1.54, 1.807) is 0 Å². The lowest BCUT2D eigenvalue weighted by Gasteiger charge is -2.40. The fraction of sp³-hybridized carbons (Fsp3) is 0.382. The van der Waals surface area contributed by atoms with Crippen LogP contribution in [0.25, 0.3) is 11.1 Å². The van der Waals surface area contributed by atoms with Crippen LogP contribution in [0.3, 0.4) is 0 Å². The number of fused-ring (bicyclic) bond motifs is 3. The molecule has 1 aliphatic heterocycles. The lowest BCUT2D eigenvalue weighted by molar-refractivity contribution is -0.150. The van der Waals surface area contributed by atoms with Crippen LogP contribution in [0.5, 0.6) is 0 Å². The summed E-state index contributed by atoms with van der Waals surface area (Å²) in [5, 5.41) is 15.7. The Bertz CT molecular complexity index is 1360. The lowest BCUT2D eigenvalue weighted by Crippen LogP contribution is -2.63. The monoisotopic (exact) mass is 569 g/mol. The molecule has 2 aliphatic rings. The Morgan fingerprint density at radius 2 is 1.52 bits per heavy atom. The number of likely N-dealkylation sites (tertiary alicyclic amines) is 1. The minimum atomic E-state index is -1.38. The highest BCUT2D eigenvalue weighted by Crippen LogP contribution is 2.44. The average molecular weight is 570 g/mol. The number of piperidine rings is 1. The molecule has 0 bridgehead atoms. The third-order valence-corrected chi connectivity index (χ3v) is 8.53. The Morgan fingerprint density at radius 3 is 2.12 bits per heavy atom. The number of carbonyl (C=O) groups excluding carboxylic acids is 2. The first-order valence-electron chi connectivity index (χ1n) is 14.8. The highest BCUT2D eigenvalue weighted by Gasteiger charge is 2.44. The molecule has 42 heavy (non-hydrogen) atoms. The molecule has 0 aromatic heterocycles. The molecule has 1 unspecified atom stereocenters. The van der Waals surface area contributed by atoms with Crippen molar-refractivity contribution in [3.8, 4) is 11.1 Å². The molecule has 1 aliphatic carbocycles. The summed E-state index contributed by atoms with van der Waals surface area (Å²) in [5.74, 6) is -1.64. The van der Waals surface area contributed by atoms with Crippen LogP contribution in [0.1, 0.15) is 61.6 Å². The van der Waals surface area contributed by atoms with Gasteiger partial charge in [0.2, 0.25) is 5.91 Å². The number of amides is 2. The average Bonchev–Trinajstić information content (AvgIpc) is 3.33. The van der Waals surface area contributed by atoms with Crippen molar-refractivity contribution in [3.63, 3.8) is 0 Å². The zero-order chi connectivity index (χ0) is 29.5. The number of hydrogen-bond donors (Lipinski definition) is 3. The van der Waals surface area contributed by atoms with Gasteiger partial charge in [0.25, 0.3) is 0 Å². The maximum atomic E-state index is 13.5. The number of nitrogens with zero attached hydrogens (tertiary/aromatic N) is 1. The predicted octanol–water partition coefficient (Wildman–Crippen LogP) is 5.32. The zero-order valence-corrected chi connectivity index (χ0v) is 24.1. The Hall–Kier alpha value is -4.17. The summed E-state index contributed by atoms with van der Waals surface area (Å²) in [6.07, 6.45) is 1.80. The standard InChI is InChI=1S/C34H39N3O5/c1-2-3-17-30(31(38)36-34(32(39)40)18-20-37(21-19-34)22-24-11-5-4-6-12-24)35-33(41)42-23-29-27-15-9-7-13-25(27)26-14-8-10-16-28(26)29/h4-16,29-30H,2-3,17-23H2,1H3,(H,35,41)(H,36,38)(H,39,40). The predicted molar refractivity (Wildman–Crippen MR) is 161 cm³/mol. The number of carboxylic acid groups (broad SMARTS) is 1. The normalized spacial score (nSPS) is 16.6. The van der Waals surface area contributed by atoms with Crippen molar-refractivity contribution < 1.29 is 24.2 Å². The first kappa shape index (κ1) is 29.3. The van der Waals surface area contributed by atoms with E-state index in [0.717, 1.165) is 40.8 Å². The van der Waals surface area contributed by atoms with Crippen molar-refractivity contribution in [1.29, 1.82) is 0 Å². The minimum Gasteiger partial charge on any atom is -0.480 e. The van der Waals surface area contributed by atoms with Crippen LogP contribution in [-0.4, -0.2) is 59.3 Å². The molecule has 1 heterocycles. The molecule has 8 heteroatoms. The number of ether oxygens (including phenoxy) is 1. The van der Waals surface area contributed by atoms with E-state index in [-0.39, 0.29) is 25.4 Å². The third-order valence-electron chi connectivity index (χ3n) is 8.53. The number of rotatable bonds is 11. The Kier molecular flexibility index (Phi) is 9.22. The number of carboxylic acids is 1. The second-order valence-electron chi connectivity index (χ2n) is 11.3. The smallest absolute Gasteiger partial charge is 0.407 e. The van der Waals surface area contributed by atoms with Gasteiger partial charge in [-0.25, -0.2) is 9.59 Å². The van der Waals surface area contributed by atoms with E-state index in [4.69, 9.17) is 4.74 Å². The van der Waals surface area contributed by atoms with Crippen molar-refractivity contribution >= 4 is 18.0 Å². The molecule has 3 aromatic rings. The van der Waals surface area contributed by atoms with Crippen LogP contribution in [0, 0.1) is 0 Å². The van der Waals surface area contributed by atoms with E-state index >= 15 is 0 Å². The van der Waals surface area contributed by atoms with Crippen LogP contribution in [-0.2, 0) is 20.9 Å². The van der Waals surface area contributed by atoms with Gasteiger partial charge in [0.05, 0.1) is 0 Å². The second kappa shape index (κ2) is 13.2. The number of alkyl carbamates (subject to hydrolysis) is 1. The van der Waals surface area contributed by atoms with Gasteiger partial charge < -0.3 is 20.5 Å². The largest absolute Gasteiger partial charge is 0.480 e. The van der Waals surface area contributed by atoms with Crippen molar-refractivity contribution in [2.75, 3.05) is 19.7 Å². The molecule has 8 nitrogen and oxygen atoms in total. The van der Waals surface area contributed by atoms with Crippen molar-refractivity contribution in [2.45, 2.75) is 63.1 Å². The van der Waals surface area contributed by atoms with E-state index in [1.807, 2.05) is 61.5 Å². The van der Waals surface area contributed by atoms with E-state index in [9.17, 15) is 19.5 Å². The van der Waals surface area contributed by atoms with E-state index in [1.165, 1.54) is 0 Å². The van der Waals surface area contributed by atoms with Crippen molar-refractivity contribution in [1.82, 2.24) is 15.5 Å². The topological polar surface area (TPSA) is 108 Å². The summed E-state index contributed by atoms with van der Waals surface area (Å²) in [4.78, 5) is 41.1. The molecule has 0 spiro atoms. The maximum absolute atomic E-state index is 13.5. The summed E-state index contributed by atoms with van der Waals surface area (Å²) >= 11 is 0. The minimum absolute atomic E-state index is 0.0950. The van der Waals surface area contributed by atoms with Crippen LogP contribution in [0.4, 0.5) is 4.79 Å². The van der Waals surface area contributed by atoms with Gasteiger partial charge in [-0.1, -0.05) is 98.6 Å². The molecule has 1 fully saturated rings. The molecule has 0 radical (unpaired) electrons. The SMILES string of the molecule is CCCCC(NC(=O)OCC1c2ccccc2-c2ccccc21)C(=O)NC1(C(=O)O)CCN(Cc2ccccc2)CC1. The van der Waals surface area contributed by atoms with E-state index in [2.05, 4.69) is 39.8 Å². The number of unbranched alkanes of at least 4 members (excludes halogenated alkanes) is 1. The number of aliphatic carboxylic acids is 1. The van der Waals surface area contributed by atoms with Gasteiger partial charge in [0.15, 0.2) is 0 Å². The quantitative estimate of drug-likeness (QED) is 0.289. The molecule has 3 N–H and O–H groups in total. The van der Waals surface area contributed by atoms with E-state index < -0.39 is 29.6 Å². The summed E-state index contributed by atoms with van der Waals surface area (Å²) in [6.45, 7) is 3.95. The summed E-state index contributed by atoms with van der Waals surface area (Å²) < 4.78 is 5.68. The zero-order valence-electron chi connectivity index (χ0n) is 24.1. The summed E-state index contributed by atoms with van der Waals surface area (Å²) in [6, 6.07) is 25.4. The van der Waals surface area contributed by atoms with E-state index in [0.29, 0.717) is 25.9 Å². The van der Waals surface area contributed by atoms with Gasteiger partial charge in [0.1, 0.15) is 18.2 Å². The first-order chi connectivity index (χ1) is 20.4. The van der Waals surface area contributed by atoms with Gasteiger partial charge >= 0.3 is 12.1 Å². The molecule has 220 valence electrons. The van der Waals surface area contributed by atoms with Gasteiger partial charge in [-0.05, 0) is 47.1 Å².